The Labute approximate surface area is 118 Å². The molecule has 0 aromatic heterocycles. The molecule has 0 aliphatic heterocycles. The predicted molar refractivity (Wildman–Crippen MR) is 78.7 cm³/mol. The molecule has 1 N–H and O–H groups in total. The van der Waals surface area contributed by atoms with Crippen molar-refractivity contribution in [1.82, 2.24) is 10.2 Å². The van der Waals surface area contributed by atoms with E-state index in [0.29, 0.717) is 0 Å². The van der Waals surface area contributed by atoms with Crippen molar-refractivity contribution < 1.29 is 0 Å². The van der Waals surface area contributed by atoms with E-state index in [1.165, 1.54) is 32.2 Å². The van der Waals surface area contributed by atoms with Gasteiger partial charge in [0.25, 0.3) is 0 Å². The smallest absolute Gasteiger partial charge is 0.0965 e. The van der Waals surface area contributed by atoms with Gasteiger partial charge < -0.3 is 10.2 Å². The van der Waals surface area contributed by atoms with Crippen molar-refractivity contribution in [1.29, 1.82) is 5.26 Å². The average Bonchev–Trinajstić information content (AvgIpc) is 3.01. The molecule has 4 atom stereocenters. The normalized spacial score (nSPS) is 30.7. The fourth-order valence-corrected chi connectivity index (χ4v) is 3.97. The lowest BCUT2D eigenvalue weighted by Gasteiger charge is -2.27. The zero-order valence-electron chi connectivity index (χ0n) is 12.6. The molecule has 3 nitrogen and oxygen atoms in total. The summed E-state index contributed by atoms with van der Waals surface area (Å²) in [7, 11) is 2.22. The van der Waals surface area contributed by atoms with Crippen molar-refractivity contribution in [3.05, 3.63) is 0 Å². The lowest BCUT2D eigenvalue weighted by molar-refractivity contribution is 0.215. The fraction of sp³-hybridized carbons (Fsp3) is 0.938. The first kappa shape index (κ1) is 14.8. The van der Waals surface area contributed by atoms with Gasteiger partial charge in [0.2, 0.25) is 0 Å². The molecule has 2 bridgehead atoms. The molecule has 2 saturated carbocycles. The third-order valence-corrected chi connectivity index (χ3v) is 5.03. The van der Waals surface area contributed by atoms with Crippen LogP contribution in [0.4, 0.5) is 0 Å². The highest BCUT2D eigenvalue weighted by Gasteiger charge is 2.39. The zero-order chi connectivity index (χ0) is 13.7. The molecule has 108 valence electrons. The largest absolute Gasteiger partial charge is 0.306 e. The third kappa shape index (κ3) is 4.19. The molecule has 3 heteroatoms. The Bertz CT molecular complexity index is 310. The quantitative estimate of drug-likeness (QED) is 0.732. The van der Waals surface area contributed by atoms with Crippen molar-refractivity contribution in [2.75, 3.05) is 26.7 Å². The number of hydrogen-bond donors (Lipinski definition) is 1. The second-order valence-electron chi connectivity index (χ2n) is 6.62. The summed E-state index contributed by atoms with van der Waals surface area (Å²) in [4.78, 5) is 2.45. The molecular weight excluding hydrogens is 234 g/mol. The van der Waals surface area contributed by atoms with Crippen LogP contribution < -0.4 is 5.32 Å². The fourth-order valence-electron chi connectivity index (χ4n) is 3.97. The standard InChI is InChI=1S/C16H29N3/c1-3-7-18-16(11-17)6-8-19(2)12-15-10-13-4-5-14(15)9-13/h13-16,18H,3-10,12H2,1-2H3. The number of hydrogen-bond acceptors (Lipinski definition) is 3. The van der Waals surface area contributed by atoms with E-state index in [0.717, 1.165) is 43.7 Å². The number of rotatable bonds is 8. The highest BCUT2D eigenvalue weighted by atomic mass is 15.1. The monoisotopic (exact) mass is 263 g/mol. The number of nitriles is 1. The maximum atomic E-state index is 9.10. The van der Waals surface area contributed by atoms with E-state index >= 15 is 0 Å². The van der Waals surface area contributed by atoms with Crippen molar-refractivity contribution in [3.63, 3.8) is 0 Å². The number of nitrogens with zero attached hydrogens (tertiary/aromatic N) is 2. The molecular formula is C16H29N3. The van der Waals surface area contributed by atoms with Crippen molar-refractivity contribution in [2.24, 2.45) is 17.8 Å². The van der Waals surface area contributed by atoms with E-state index in [1.807, 2.05) is 0 Å². The maximum Gasteiger partial charge on any atom is 0.0965 e. The highest BCUT2D eigenvalue weighted by Crippen LogP contribution is 2.48. The molecule has 2 fully saturated rings. The van der Waals surface area contributed by atoms with E-state index in [-0.39, 0.29) is 6.04 Å². The minimum absolute atomic E-state index is 0.0300. The van der Waals surface area contributed by atoms with Gasteiger partial charge in [0, 0.05) is 13.1 Å². The van der Waals surface area contributed by atoms with Gasteiger partial charge in [-0.05, 0) is 63.5 Å². The van der Waals surface area contributed by atoms with E-state index in [2.05, 4.69) is 30.3 Å². The number of fused-ring (bicyclic) bond motifs is 2. The van der Waals surface area contributed by atoms with Crippen LogP contribution >= 0.6 is 0 Å². The van der Waals surface area contributed by atoms with Gasteiger partial charge in [0.15, 0.2) is 0 Å². The lowest BCUT2D eigenvalue weighted by atomic mass is 9.88. The third-order valence-electron chi connectivity index (χ3n) is 5.03. The van der Waals surface area contributed by atoms with Crippen molar-refractivity contribution >= 4 is 0 Å². The van der Waals surface area contributed by atoms with Gasteiger partial charge in [-0.3, -0.25) is 0 Å². The van der Waals surface area contributed by atoms with Crippen LogP contribution in [0.25, 0.3) is 0 Å². The van der Waals surface area contributed by atoms with Crippen LogP contribution in [0.15, 0.2) is 0 Å². The summed E-state index contributed by atoms with van der Waals surface area (Å²) in [6, 6.07) is 2.41. The van der Waals surface area contributed by atoms with Gasteiger partial charge >= 0.3 is 0 Å². The SMILES string of the molecule is CCCNC(C#N)CCN(C)CC1CC2CCC1C2. The first-order valence-electron chi connectivity index (χ1n) is 8.04. The molecule has 0 amide bonds. The minimum Gasteiger partial charge on any atom is -0.306 e. The summed E-state index contributed by atoms with van der Waals surface area (Å²) in [6.45, 7) is 5.38. The van der Waals surface area contributed by atoms with Crippen LogP contribution in [-0.2, 0) is 0 Å². The zero-order valence-corrected chi connectivity index (χ0v) is 12.6. The van der Waals surface area contributed by atoms with Crippen LogP contribution in [0, 0.1) is 29.1 Å². The van der Waals surface area contributed by atoms with Gasteiger partial charge in [0.05, 0.1) is 12.1 Å². The first-order valence-corrected chi connectivity index (χ1v) is 8.04. The molecule has 2 aliphatic carbocycles. The molecule has 2 aliphatic rings. The average molecular weight is 263 g/mol. The molecule has 19 heavy (non-hydrogen) atoms. The Kier molecular flexibility index (Phi) is 5.66. The van der Waals surface area contributed by atoms with E-state index < -0.39 is 0 Å². The van der Waals surface area contributed by atoms with Gasteiger partial charge in [0.1, 0.15) is 0 Å². The second kappa shape index (κ2) is 7.26. The molecule has 0 spiro atoms. The summed E-state index contributed by atoms with van der Waals surface area (Å²) >= 11 is 0. The van der Waals surface area contributed by atoms with Gasteiger partial charge in [-0.1, -0.05) is 13.3 Å². The first-order chi connectivity index (χ1) is 9.22. The van der Waals surface area contributed by atoms with Gasteiger partial charge in [-0.2, -0.15) is 5.26 Å². The summed E-state index contributed by atoms with van der Waals surface area (Å²) in [5, 5.41) is 12.4. The van der Waals surface area contributed by atoms with E-state index in [1.54, 1.807) is 0 Å². The highest BCUT2D eigenvalue weighted by molar-refractivity contribution is 4.92. The molecule has 0 radical (unpaired) electrons. The Morgan fingerprint density at radius 3 is 2.79 bits per heavy atom. The summed E-state index contributed by atoms with van der Waals surface area (Å²) in [5.74, 6) is 2.99. The molecule has 4 unspecified atom stereocenters. The molecule has 0 saturated heterocycles. The Morgan fingerprint density at radius 2 is 2.21 bits per heavy atom. The lowest BCUT2D eigenvalue weighted by Crippen LogP contribution is -2.35. The van der Waals surface area contributed by atoms with Crippen molar-refractivity contribution in [3.8, 4) is 6.07 Å². The summed E-state index contributed by atoms with van der Waals surface area (Å²) < 4.78 is 0. The minimum atomic E-state index is 0.0300. The van der Waals surface area contributed by atoms with Crippen LogP contribution in [-0.4, -0.2) is 37.6 Å². The summed E-state index contributed by atoms with van der Waals surface area (Å²) in [5.41, 5.74) is 0. The Balaban J connectivity index is 1.64. The van der Waals surface area contributed by atoms with Crippen molar-refractivity contribution in [2.45, 2.75) is 51.5 Å². The van der Waals surface area contributed by atoms with Crippen LogP contribution in [0.5, 0.6) is 0 Å². The molecule has 2 rings (SSSR count). The summed E-state index contributed by atoms with van der Waals surface area (Å²) in [6.07, 6.45) is 7.97. The van der Waals surface area contributed by atoms with Gasteiger partial charge in [-0.15, -0.1) is 0 Å². The predicted octanol–water partition coefficient (Wildman–Crippen LogP) is 2.64. The Morgan fingerprint density at radius 1 is 1.37 bits per heavy atom. The molecule has 0 aromatic rings. The molecule has 0 heterocycles. The van der Waals surface area contributed by atoms with Crippen LogP contribution in [0.2, 0.25) is 0 Å². The maximum absolute atomic E-state index is 9.10. The molecule has 0 aromatic carbocycles. The Hall–Kier alpha value is -0.590. The van der Waals surface area contributed by atoms with Gasteiger partial charge in [-0.25, -0.2) is 0 Å². The van der Waals surface area contributed by atoms with Crippen LogP contribution in [0.3, 0.4) is 0 Å². The number of nitrogens with one attached hydrogen (secondary N) is 1. The second-order valence-corrected chi connectivity index (χ2v) is 6.62. The topological polar surface area (TPSA) is 39.1 Å². The van der Waals surface area contributed by atoms with Crippen LogP contribution in [0.1, 0.15) is 45.4 Å². The van der Waals surface area contributed by atoms with E-state index in [4.69, 9.17) is 5.26 Å². The van der Waals surface area contributed by atoms with E-state index in [9.17, 15) is 0 Å².